The molecule has 0 aromatic carbocycles. The van der Waals surface area contributed by atoms with Gasteiger partial charge < -0.3 is 5.32 Å². The first-order chi connectivity index (χ1) is 7.90. The van der Waals surface area contributed by atoms with Gasteiger partial charge >= 0.3 is 6.18 Å². The molecule has 0 aliphatic carbocycles. The van der Waals surface area contributed by atoms with Gasteiger partial charge in [-0.1, -0.05) is 0 Å². The molecule has 0 unspecified atom stereocenters. The molecule has 0 saturated carbocycles. The Bertz CT molecular complexity index is 325. The number of aromatic amines is 1. The van der Waals surface area contributed by atoms with Crippen LogP contribution in [0.25, 0.3) is 0 Å². The minimum atomic E-state index is -4.03. The zero-order valence-corrected chi connectivity index (χ0v) is 10.1. The van der Waals surface area contributed by atoms with Crippen LogP contribution in [0.15, 0.2) is 0 Å². The van der Waals surface area contributed by atoms with Crippen LogP contribution in [0.5, 0.6) is 0 Å². The number of H-pyrrole nitrogens is 1. The largest absolute Gasteiger partial charge is 0.389 e. The first-order valence-corrected chi connectivity index (χ1v) is 5.68. The van der Waals surface area contributed by atoms with Gasteiger partial charge in [0.15, 0.2) is 0 Å². The standard InChI is InChI=1S/C11H18F3N3/c1-8-10(9(2)17-16-8)7-15-6-4-3-5-11(12,13)14/h15H,3-7H2,1-2H3,(H,16,17). The average Bonchev–Trinajstić information content (AvgIpc) is 2.52. The van der Waals surface area contributed by atoms with Crippen molar-refractivity contribution in [3.05, 3.63) is 17.0 Å². The predicted octanol–water partition coefficient (Wildman–Crippen LogP) is 2.85. The highest BCUT2D eigenvalue weighted by Gasteiger charge is 2.25. The fraction of sp³-hybridized carbons (Fsp3) is 0.727. The van der Waals surface area contributed by atoms with Crippen molar-refractivity contribution < 1.29 is 13.2 Å². The third kappa shape index (κ3) is 5.21. The van der Waals surface area contributed by atoms with E-state index in [4.69, 9.17) is 0 Å². The lowest BCUT2D eigenvalue weighted by molar-refractivity contribution is -0.135. The van der Waals surface area contributed by atoms with E-state index in [1.54, 1.807) is 0 Å². The van der Waals surface area contributed by atoms with E-state index in [1.807, 2.05) is 13.8 Å². The van der Waals surface area contributed by atoms with Crippen LogP contribution >= 0.6 is 0 Å². The minimum absolute atomic E-state index is 0.180. The summed E-state index contributed by atoms with van der Waals surface area (Å²) in [5, 5.41) is 10.0. The van der Waals surface area contributed by atoms with Gasteiger partial charge in [0.25, 0.3) is 0 Å². The Kier molecular flexibility index (Phi) is 4.99. The third-order valence-electron chi connectivity index (χ3n) is 2.65. The normalized spacial score (nSPS) is 12.1. The number of nitrogens with one attached hydrogen (secondary N) is 2. The zero-order valence-electron chi connectivity index (χ0n) is 10.1. The van der Waals surface area contributed by atoms with E-state index in [-0.39, 0.29) is 6.42 Å². The smallest absolute Gasteiger partial charge is 0.313 e. The number of aryl methyl sites for hydroxylation is 2. The molecule has 0 amide bonds. The van der Waals surface area contributed by atoms with Gasteiger partial charge in [0.2, 0.25) is 0 Å². The Labute approximate surface area is 98.8 Å². The van der Waals surface area contributed by atoms with Crippen molar-refractivity contribution in [2.45, 2.75) is 45.8 Å². The molecule has 0 atom stereocenters. The molecule has 1 heterocycles. The highest BCUT2D eigenvalue weighted by Crippen LogP contribution is 2.21. The van der Waals surface area contributed by atoms with Crippen LogP contribution in [-0.4, -0.2) is 22.9 Å². The van der Waals surface area contributed by atoms with Gasteiger partial charge in [0.1, 0.15) is 0 Å². The summed E-state index contributed by atoms with van der Waals surface area (Å²) in [5.41, 5.74) is 3.04. The summed E-state index contributed by atoms with van der Waals surface area (Å²) in [7, 11) is 0. The fourth-order valence-corrected chi connectivity index (χ4v) is 1.62. The van der Waals surface area contributed by atoms with Gasteiger partial charge in [-0.05, 0) is 33.2 Å². The van der Waals surface area contributed by atoms with Crippen molar-refractivity contribution >= 4 is 0 Å². The molecule has 1 rings (SSSR count). The van der Waals surface area contributed by atoms with Crippen molar-refractivity contribution in [1.29, 1.82) is 0 Å². The van der Waals surface area contributed by atoms with E-state index in [0.29, 0.717) is 19.5 Å². The van der Waals surface area contributed by atoms with E-state index in [2.05, 4.69) is 15.5 Å². The molecule has 0 aliphatic heterocycles. The Morgan fingerprint density at radius 1 is 1.24 bits per heavy atom. The second kappa shape index (κ2) is 6.05. The summed E-state index contributed by atoms with van der Waals surface area (Å²) in [4.78, 5) is 0. The molecule has 6 heteroatoms. The van der Waals surface area contributed by atoms with Crippen molar-refractivity contribution in [2.75, 3.05) is 6.54 Å². The number of aromatic nitrogens is 2. The number of halogens is 3. The van der Waals surface area contributed by atoms with Crippen LogP contribution in [0, 0.1) is 13.8 Å². The van der Waals surface area contributed by atoms with E-state index >= 15 is 0 Å². The summed E-state index contributed by atoms with van der Waals surface area (Å²) in [5.74, 6) is 0. The molecular formula is C11H18F3N3. The summed E-state index contributed by atoms with van der Waals surface area (Å²) in [6.45, 7) is 5.09. The number of unbranched alkanes of at least 4 members (excludes halogenated alkanes) is 1. The van der Waals surface area contributed by atoms with Crippen LogP contribution < -0.4 is 5.32 Å². The predicted molar refractivity (Wildman–Crippen MR) is 59.7 cm³/mol. The number of rotatable bonds is 6. The molecule has 0 bridgehead atoms. The minimum Gasteiger partial charge on any atom is -0.313 e. The summed E-state index contributed by atoms with van der Waals surface area (Å²) < 4.78 is 35.6. The quantitative estimate of drug-likeness (QED) is 0.761. The first kappa shape index (κ1) is 14.0. The first-order valence-electron chi connectivity index (χ1n) is 5.68. The van der Waals surface area contributed by atoms with E-state index in [1.165, 1.54) is 0 Å². The highest BCUT2D eigenvalue weighted by molar-refractivity contribution is 5.22. The number of hydrogen-bond donors (Lipinski definition) is 2. The number of hydrogen-bond acceptors (Lipinski definition) is 2. The molecule has 2 N–H and O–H groups in total. The molecule has 3 nitrogen and oxygen atoms in total. The second-order valence-electron chi connectivity index (χ2n) is 4.16. The van der Waals surface area contributed by atoms with Crippen molar-refractivity contribution in [3.8, 4) is 0 Å². The monoisotopic (exact) mass is 249 g/mol. The molecule has 0 radical (unpaired) electrons. The van der Waals surface area contributed by atoms with E-state index in [9.17, 15) is 13.2 Å². The van der Waals surface area contributed by atoms with Gasteiger partial charge in [0.05, 0.1) is 5.69 Å². The number of alkyl halides is 3. The molecule has 0 spiro atoms. The molecule has 17 heavy (non-hydrogen) atoms. The molecule has 98 valence electrons. The maximum absolute atomic E-state index is 11.9. The molecule has 1 aromatic heterocycles. The van der Waals surface area contributed by atoms with Crippen LogP contribution in [0.2, 0.25) is 0 Å². The zero-order chi connectivity index (χ0) is 12.9. The lowest BCUT2D eigenvalue weighted by atomic mass is 10.2. The lowest BCUT2D eigenvalue weighted by Gasteiger charge is -2.07. The van der Waals surface area contributed by atoms with Crippen LogP contribution in [0.4, 0.5) is 13.2 Å². The Morgan fingerprint density at radius 3 is 2.47 bits per heavy atom. The Morgan fingerprint density at radius 2 is 1.94 bits per heavy atom. The summed E-state index contributed by atoms with van der Waals surface area (Å²) in [6.07, 6.45) is -4.01. The van der Waals surface area contributed by atoms with Crippen molar-refractivity contribution in [1.82, 2.24) is 15.5 Å². The van der Waals surface area contributed by atoms with Gasteiger partial charge in [-0.3, -0.25) is 5.10 Å². The van der Waals surface area contributed by atoms with Crippen molar-refractivity contribution in [3.63, 3.8) is 0 Å². The topological polar surface area (TPSA) is 40.7 Å². The van der Waals surface area contributed by atoms with Crippen LogP contribution in [0.3, 0.4) is 0 Å². The SMILES string of the molecule is Cc1n[nH]c(C)c1CNCCCCC(F)(F)F. The van der Waals surface area contributed by atoms with Crippen LogP contribution in [0.1, 0.15) is 36.2 Å². The van der Waals surface area contributed by atoms with Gasteiger partial charge in [0, 0.05) is 24.2 Å². The lowest BCUT2D eigenvalue weighted by Crippen LogP contribution is -2.16. The van der Waals surface area contributed by atoms with Crippen LogP contribution in [-0.2, 0) is 6.54 Å². The maximum Gasteiger partial charge on any atom is 0.389 e. The maximum atomic E-state index is 11.9. The van der Waals surface area contributed by atoms with Crippen molar-refractivity contribution in [2.24, 2.45) is 0 Å². The Balaban J connectivity index is 2.13. The van der Waals surface area contributed by atoms with Gasteiger partial charge in [-0.2, -0.15) is 18.3 Å². The Hall–Kier alpha value is -1.04. The van der Waals surface area contributed by atoms with Gasteiger partial charge in [-0.25, -0.2) is 0 Å². The van der Waals surface area contributed by atoms with Gasteiger partial charge in [-0.15, -0.1) is 0 Å². The molecule has 0 saturated heterocycles. The number of nitrogens with zero attached hydrogens (tertiary/aromatic N) is 1. The highest BCUT2D eigenvalue weighted by atomic mass is 19.4. The molecule has 1 aromatic rings. The molecular weight excluding hydrogens is 231 g/mol. The average molecular weight is 249 g/mol. The fourth-order valence-electron chi connectivity index (χ4n) is 1.62. The molecule has 0 aliphatic rings. The second-order valence-corrected chi connectivity index (χ2v) is 4.16. The summed E-state index contributed by atoms with van der Waals surface area (Å²) >= 11 is 0. The third-order valence-corrected chi connectivity index (χ3v) is 2.65. The summed E-state index contributed by atoms with van der Waals surface area (Å²) in [6, 6.07) is 0. The van der Waals surface area contributed by atoms with E-state index < -0.39 is 12.6 Å². The molecule has 0 fully saturated rings. The van der Waals surface area contributed by atoms with E-state index in [0.717, 1.165) is 17.0 Å².